The molecule has 214 valence electrons. The zero-order chi connectivity index (χ0) is 29.9. The second kappa shape index (κ2) is 14.6. The molecule has 0 aromatic heterocycles. The van der Waals surface area contributed by atoms with Gasteiger partial charge in [0.25, 0.3) is 11.8 Å². The molecule has 3 amide bonds. The van der Waals surface area contributed by atoms with E-state index in [4.69, 9.17) is 9.47 Å². The number of nitrogens with one attached hydrogen (secondary N) is 3. The average molecular weight is 582 g/mol. The zero-order valence-electron chi connectivity index (χ0n) is 23.4. The SMILES string of the molecule is COc1cc(NC(=O)C(C)Sc2cccc(NC(=O)/C(=C/c3ccccc3)NC(=O)c3ccccc3)c2)cc(OC)c1. The van der Waals surface area contributed by atoms with Gasteiger partial charge >= 0.3 is 0 Å². The van der Waals surface area contributed by atoms with Crippen LogP contribution in [-0.4, -0.2) is 37.2 Å². The van der Waals surface area contributed by atoms with Crippen molar-refractivity contribution in [1.82, 2.24) is 5.32 Å². The molecule has 0 aliphatic rings. The molecule has 4 aromatic rings. The molecule has 0 bridgehead atoms. The second-order valence-electron chi connectivity index (χ2n) is 9.12. The predicted molar refractivity (Wildman–Crippen MR) is 167 cm³/mol. The molecule has 4 rings (SSSR count). The number of amides is 3. The molecule has 0 aliphatic carbocycles. The molecule has 9 heteroatoms. The molecule has 3 N–H and O–H groups in total. The molecule has 0 aliphatic heterocycles. The molecule has 8 nitrogen and oxygen atoms in total. The highest BCUT2D eigenvalue weighted by Gasteiger charge is 2.18. The summed E-state index contributed by atoms with van der Waals surface area (Å²) < 4.78 is 10.6. The van der Waals surface area contributed by atoms with Gasteiger partial charge in [-0.3, -0.25) is 14.4 Å². The Kier molecular flexibility index (Phi) is 10.4. The van der Waals surface area contributed by atoms with Crippen LogP contribution in [0.2, 0.25) is 0 Å². The fraction of sp³-hybridized carbons (Fsp3) is 0.121. The maximum absolute atomic E-state index is 13.3. The van der Waals surface area contributed by atoms with E-state index in [1.54, 1.807) is 87.9 Å². The molecular weight excluding hydrogens is 550 g/mol. The standard InChI is InChI=1S/C33H31N3O5S/c1-22(31(37)35-26-18-27(40-2)21-28(19-26)41-3)42-29-16-10-15-25(20-29)34-33(39)30(17-23-11-6-4-7-12-23)36-32(38)24-13-8-5-9-14-24/h4-22H,1-3H3,(H,34,39)(H,35,37)(H,36,38)/b30-17-. The van der Waals surface area contributed by atoms with Crippen LogP contribution in [0.15, 0.2) is 114 Å². The number of thioether (sulfide) groups is 1. The van der Waals surface area contributed by atoms with Crippen LogP contribution in [-0.2, 0) is 9.59 Å². The second-order valence-corrected chi connectivity index (χ2v) is 10.5. The summed E-state index contributed by atoms with van der Waals surface area (Å²) in [6, 6.07) is 30.3. The van der Waals surface area contributed by atoms with Crippen LogP contribution in [0.25, 0.3) is 6.08 Å². The quantitative estimate of drug-likeness (QED) is 0.143. The molecule has 0 heterocycles. The van der Waals surface area contributed by atoms with Crippen molar-refractivity contribution in [3.8, 4) is 11.5 Å². The number of benzene rings is 4. The van der Waals surface area contributed by atoms with E-state index in [0.717, 1.165) is 10.5 Å². The topological polar surface area (TPSA) is 106 Å². The summed E-state index contributed by atoms with van der Waals surface area (Å²) in [5.41, 5.74) is 2.36. The normalized spacial score (nSPS) is 11.6. The van der Waals surface area contributed by atoms with Crippen LogP contribution in [0.1, 0.15) is 22.8 Å². The highest BCUT2D eigenvalue weighted by atomic mass is 32.2. The number of rotatable bonds is 11. The van der Waals surface area contributed by atoms with E-state index in [1.165, 1.54) is 11.8 Å². The van der Waals surface area contributed by atoms with Gasteiger partial charge in [-0.05, 0) is 48.9 Å². The van der Waals surface area contributed by atoms with Crippen molar-refractivity contribution in [1.29, 1.82) is 0 Å². The lowest BCUT2D eigenvalue weighted by molar-refractivity contribution is -0.115. The van der Waals surface area contributed by atoms with Crippen LogP contribution in [0.4, 0.5) is 11.4 Å². The van der Waals surface area contributed by atoms with Crippen LogP contribution < -0.4 is 25.4 Å². The van der Waals surface area contributed by atoms with Gasteiger partial charge in [-0.15, -0.1) is 11.8 Å². The summed E-state index contributed by atoms with van der Waals surface area (Å²) in [6.45, 7) is 1.79. The van der Waals surface area contributed by atoms with Gasteiger partial charge in [0, 0.05) is 40.0 Å². The van der Waals surface area contributed by atoms with E-state index in [0.29, 0.717) is 28.4 Å². The lowest BCUT2D eigenvalue weighted by Gasteiger charge is -2.15. The Morgan fingerprint density at radius 1 is 0.738 bits per heavy atom. The lowest BCUT2D eigenvalue weighted by Crippen LogP contribution is -2.30. The molecule has 0 saturated carbocycles. The minimum absolute atomic E-state index is 0.0922. The molecule has 4 aromatic carbocycles. The molecule has 0 fully saturated rings. The van der Waals surface area contributed by atoms with Crippen molar-refractivity contribution in [2.24, 2.45) is 0 Å². The molecule has 1 unspecified atom stereocenters. The monoisotopic (exact) mass is 581 g/mol. The third-order valence-electron chi connectivity index (χ3n) is 6.03. The van der Waals surface area contributed by atoms with Crippen molar-refractivity contribution in [3.05, 3.63) is 120 Å². The van der Waals surface area contributed by atoms with Crippen molar-refractivity contribution < 1.29 is 23.9 Å². The Balaban J connectivity index is 1.45. The smallest absolute Gasteiger partial charge is 0.272 e. The molecular formula is C33H31N3O5S. The van der Waals surface area contributed by atoms with Gasteiger partial charge in [0.05, 0.1) is 19.5 Å². The van der Waals surface area contributed by atoms with Gasteiger partial charge in [0.15, 0.2) is 0 Å². The number of anilines is 2. The lowest BCUT2D eigenvalue weighted by atomic mass is 10.1. The van der Waals surface area contributed by atoms with Crippen LogP contribution in [0, 0.1) is 0 Å². The maximum atomic E-state index is 13.3. The van der Waals surface area contributed by atoms with E-state index in [2.05, 4.69) is 16.0 Å². The van der Waals surface area contributed by atoms with E-state index in [1.807, 2.05) is 42.5 Å². The highest BCUT2D eigenvalue weighted by Crippen LogP contribution is 2.29. The van der Waals surface area contributed by atoms with Crippen molar-refractivity contribution in [2.75, 3.05) is 24.9 Å². The Hall–Kier alpha value is -5.02. The van der Waals surface area contributed by atoms with Crippen molar-refractivity contribution >= 4 is 46.9 Å². The van der Waals surface area contributed by atoms with Crippen molar-refractivity contribution in [2.45, 2.75) is 17.1 Å². The van der Waals surface area contributed by atoms with Gasteiger partial charge in [0.1, 0.15) is 17.2 Å². The van der Waals surface area contributed by atoms with Gasteiger partial charge in [-0.2, -0.15) is 0 Å². The maximum Gasteiger partial charge on any atom is 0.272 e. The van der Waals surface area contributed by atoms with Gasteiger partial charge in [-0.25, -0.2) is 0 Å². The fourth-order valence-corrected chi connectivity index (χ4v) is 4.81. The summed E-state index contributed by atoms with van der Waals surface area (Å²) in [5.74, 6) is 0.0401. The average Bonchev–Trinajstić information content (AvgIpc) is 3.01. The minimum atomic E-state index is -0.483. The molecule has 0 spiro atoms. The number of carbonyl (C=O) groups excluding carboxylic acids is 3. The zero-order valence-corrected chi connectivity index (χ0v) is 24.2. The van der Waals surface area contributed by atoms with E-state index in [9.17, 15) is 14.4 Å². The summed E-state index contributed by atoms with van der Waals surface area (Å²) in [4.78, 5) is 39.9. The largest absolute Gasteiger partial charge is 0.497 e. The van der Waals surface area contributed by atoms with Gasteiger partial charge in [-0.1, -0.05) is 54.6 Å². The highest BCUT2D eigenvalue weighted by molar-refractivity contribution is 8.00. The van der Waals surface area contributed by atoms with Gasteiger partial charge in [0.2, 0.25) is 5.91 Å². The molecule has 0 saturated heterocycles. The number of carbonyl (C=O) groups is 3. The Labute approximate surface area is 249 Å². The third-order valence-corrected chi connectivity index (χ3v) is 7.13. The number of methoxy groups -OCH3 is 2. The Bertz CT molecular complexity index is 1550. The van der Waals surface area contributed by atoms with E-state index in [-0.39, 0.29) is 11.6 Å². The minimum Gasteiger partial charge on any atom is -0.497 e. The first-order valence-electron chi connectivity index (χ1n) is 13.1. The first-order valence-corrected chi connectivity index (χ1v) is 14.0. The van der Waals surface area contributed by atoms with E-state index >= 15 is 0 Å². The number of ether oxygens (including phenoxy) is 2. The van der Waals surface area contributed by atoms with Gasteiger partial charge < -0.3 is 25.4 Å². The van der Waals surface area contributed by atoms with Crippen LogP contribution in [0.3, 0.4) is 0 Å². The van der Waals surface area contributed by atoms with E-state index < -0.39 is 17.1 Å². The molecule has 0 radical (unpaired) electrons. The summed E-state index contributed by atoms with van der Waals surface area (Å²) in [7, 11) is 3.09. The summed E-state index contributed by atoms with van der Waals surface area (Å²) in [6.07, 6.45) is 1.62. The molecule has 1 atom stereocenters. The third kappa shape index (κ3) is 8.49. The summed E-state index contributed by atoms with van der Waals surface area (Å²) >= 11 is 1.34. The number of hydrogen-bond donors (Lipinski definition) is 3. The van der Waals surface area contributed by atoms with Crippen molar-refractivity contribution in [3.63, 3.8) is 0 Å². The van der Waals surface area contributed by atoms with Crippen LogP contribution in [0.5, 0.6) is 11.5 Å². The molecule has 42 heavy (non-hydrogen) atoms. The summed E-state index contributed by atoms with van der Waals surface area (Å²) in [5, 5.41) is 8.04. The first kappa shape index (κ1) is 30.0. The number of hydrogen-bond acceptors (Lipinski definition) is 6. The Morgan fingerprint density at radius 2 is 1.38 bits per heavy atom. The first-order chi connectivity index (χ1) is 20.3. The Morgan fingerprint density at radius 3 is 2.02 bits per heavy atom. The van der Waals surface area contributed by atoms with Crippen LogP contribution >= 0.6 is 11.8 Å². The predicted octanol–water partition coefficient (Wildman–Crippen LogP) is 6.23. The fourth-order valence-electron chi connectivity index (χ4n) is 3.89.